The predicted octanol–water partition coefficient (Wildman–Crippen LogP) is 4.47. The summed E-state index contributed by atoms with van der Waals surface area (Å²) in [6, 6.07) is 8.01. The zero-order valence-corrected chi connectivity index (χ0v) is 20.9. The largest absolute Gasteiger partial charge is 0.379 e. The highest BCUT2D eigenvalue weighted by atomic mass is 16.5. The number of hydrogen-bond donors (Lipinski definition) is 0. The molecular weight excluding hydrogens is 452 g/mol. The minimum atomic E-state index is -0.0238. The van der Waals surface area contributed by atoms with E-state index in [2.05, 4.69) is 29.0 Å². The van der Waals surface area contributed by atoms with E-state index in [0.29, 0.717) is 29.4 Å². The van der Waals surface area contributed by atoms with Gasteiger partial charge >= 0.3 is 0 Å². The molecule has 1 fully saturated rings. The first-order valence-corrected chi connectivity index (χ1v) is 12.6. The van der Waals surface area contributed by atoms with Crippen LogP contribution in [0.3, 0.4) is 0 Å². The average molecular weight is 485 g/mol. The zero-order valence-electron chi connectivity index (χ0n) is 20.9. The molecule has 0 amide bonds. The quantitative estimate of drug-likeness (QED) is 0.461. The summed E-state index contributed by atoms with van der Waals surface area (Å²) >= 11 is 0. The number of morpholine rings is 1. The molecule has 36 heavy (non-hydrogen) atoms. The van der Waals surface area contributed by atoms with Crippen LogP contribution in [0.4, 0.5) is 0 Å². The maximum atomic E-state index is 13.0. The number of rotatable bonds is 7. The van der Waals surface area contributed by atoms with E-state index >= 15 is 0 Å². The Morgan fingerprint density at radius 3 is 2.58 bits per heavy atom. The first kappa shape index (κ1) is 24.3. The van der Waals surface area contributed by atoms with E-state index in [1.165, 1.54) is 12.5 Å². The molecule has 3 aromatic heterocycles. The van der Waals surface area contributed by atoms with Crippen molar-refractivity contribution in [2.24, 2.45) is 0 Å². The number of aromatic nitrogens is 3. The van der Waals surface area contributed by atoms with E-state index in [1.807, 2.05) is 12.4 Å². The van der Waals surface area contributed by atoms with Gasteiger partial charge in [-0.3, -0.25) is 19.5 Å². The van der Waals surface area contributed by atoms with Crippen LogP contribution < -0.4 is 0 Å². The molecule has 0 spiro atoms. The molecule has 0 saturated carbocycles. The van der Waals surface area contributed by atoms with Crippen LogP contribution >= 0.6 is 0 Å². The smallest absolute Gasteiger partial charge is 0.168 e. The Bertz CT molecular complexity index is 1290. The molecule has 1 atom stereocenters. The first-order valence-electron chi connectivity index (χ1n) is 12.6. The Balaban J connectivity index is 1.22. The number of carbonyl (C=O) groups excluding carboxylic acids is 2. The maximum absolute atomic E-state index is 13.0. The lowest BCUT2D eigenvalue weighted by molar-refractivity contribution is 0.0150. The number of Topliss-reactive ketones (excluding diaryl/α,β-unsaturated/α-hetero) is 2. The van der Waals surface area contributed by atoms with Gasteiger partial charge in [-0.2, -0.15) is 0 Å². The second-order valence-electron chi connectivity index (χ2n) is 9.68. The molecule has 0 bridgehead atoms. The lowest BCUT2D eigenvalue weighted by Crippen LogP contribution is -2.43. The van der Waals surface area contributed by atoms with Gasteiger partial charge in [0, 0.05) is 61.5 Å². The molecule has 1 aliphatic heterocycles. The molecule has 186 valence electrons. The highest BCUT2D eigenvalue weighted by molar-refractivity contribution is 5.97. The van der Waals surface area contributed by atoms with Crippen molar-refractivity contribution in [1.29, 1.82) is 0 Å². The number of allylic oxidation sites excluding steroid dienone is 1. The van der Waals surface area contributed by atoms with E-state index in [1.54, 1.807) is 35.2 Å². The fourth-order valence-electron chi connectivity index (χ4n) is 5.11. The Morgan fingerprint density at radius 1 is 1.08 bits per heavy atom. The fraction of sp³-hybridized carbons (Fsp3) is 0.379. The SMILES string of the molecule is CC(=O)c1ccc(-n2ccc(C(=O)Cc3cnc(C4=CCC(N5CCOCC5)CC4)c(C)c3)c2)nc1. The van der Waals surface area contributed by atoms with E-state index < -0.39 is 0 Å². The van der Waals surface area contributed by atoms with Crippen molar-refractivity contribution in [3.63, 3.8) is 0 Å². The van der Waals surface area contributed by atoms with Crippen LogP contribution in [0.15, 0.2) is 55.1 Å². The Morgan fingerprint density at radius 2 is 1.92 bits per heavy atom. The topological polar surface area (TPSA) is 77.3 Å². The second-order valence-corrected chi connectivity index (χ2v) is 9.68. The van der Waals surface area contributed by atoms with Crippen LogP contribution in [0.25, 0.3) is 11.4 Å². The number of pyridine rings is 2. The molecule has 2 aliphatic rings. The summed E-state index contributed by atoms with van der Waals surface area (Å²) in [5.74, 6) is 0.676. The molecule has 4 heterocycles. The molecule has 0 N–H and O–H groups in total. The van der Waals surface area contributed by atoms with E-state index in [9.17, 15) is 9.59 Å². The van der Waals surface area contributed by atoms with Gasteiger partial charge in [-0.25, -0.2) is 4.98 Å². The Labute approximate surface area is 211 Å². The van der Waals surface area contributed by atoms with Crippen molar-refractivity contribution < 1.29 is 14.3 Å². The zero-order chi connectivity index (χ0) is 25.1. The maximum Gasteiger partial charge on any atom is 0.168 e. The first-order chi connectivity index (χ1) is 17.5. The van der Waals surface area contributed by atoms with Crippen molar-refractivity contribution in [3.8, 4) is 5.82 Å². The van der Waals surface area contributed by atoms with Crippen molar-refractivity contribution in [2.75, 3.05) is 26.3 Å². The van der Waals surface area contributed by atoms with Gasteiger partial charge < -0.3 is 9.30 Å². The average Bonchev–Trinajstić information content (AvgIpc) is 3.40. The van der Waals surface area contributed by atoms with Crippen LogP contribution in [0.1, 0.15) is 63.7 Å². The molecular formula is C29H32N4O3. The van der Waals surface area contributed by atoms with Gasteiger partial charge in [-0.05, 0) is 68.0 Å². The van der Waals surface area contributed by atoms with Gasteiger partial charge in [0.2, 0.25) is 0 Å². The van der Waals surface area contributed by atoms with Gasteiger partial charge in [0.05, 0.1) is 18.9 Å². The number of ketones is 2. The van der Waals surface area contributed by atoms with E-state index in [-0.39, 0.29) is 11.6 Å². The second kappa shape index (κ2) is 10.7. The third-order valence-corrected chi connectivity index (χ3v) is 7.18. The number of carbonyl (C=O) groups is 2. The number of aryl methyl sites for hydroxylation is 1. The van der Waals surface area contributed by atoms with E-state index in [0.717, 1.165) is 62.4 Å². The predicted molar refractivity (Wildman–Crippen MR) is 139 cm³/mol. The summed E-state index contributed by atoms with van der Waals surface area (Å²) in [6.45, 7) is 7.33. The van der Waals surface area contributed by atoms with Crippen molar-refractivity contribution in [3.05, 3.63) is 83.1 Å². The molecule has 7 nitrogen and oxygen atoms in total. The third kappa shape index (κ3) is 5.37. The van der Waals surface area contributed by atoms with E-state index in [4.69, 9.17) is 9.72 Å². The van der Waals surface area contributed by atoms with Gasteiger partial charge in [0.1, 0.15) is 5.82 Å². The van der Waals surface area contributed by atoms with Crippen LogP contribution in [-0.2, 0) is 11.2 Å². The number of hydrogen-bond acceptors (Lipinski definition) is 6. The third-order valence-electron chi connectivity index (χ3n) is 7.18. The van der Waals surface area contributed by atoms with Crippen LogP contribution in [-0.4, -0.2) is 63.3 Å². The van der Waals surface area contributed by atoms with Crippen molar-refractivity contribution >= 4 is 17.1 Å². The summed E-state index contributed by atoms with van der Waals surface area (Å²) in [4.78, 5) is 36.1. The monoisotopic (exact) mass is 484 g/mol. The van der Waals surface area contributed by atoms with Gasteiger partial charge in [0.15, 0.2) is 11.6 Å². The standard InChI is InChI=1S/C29H32N4O3/c1-20-15-22(17-31-29(20)23-3-6-26(7-4-23)32-11-13-36-14-12-32)16-27(35)25-9-10-33(19-25)28-8-5-24(18-30-28)21(2)34/h3,5,8-10,15,17-19,26H,4,6-7,11-14,16H2,1-2H3. The van der Waals surface area contributed by atoms with Crippen molar-refractivity contribution in [2.45, 2.75) is 45.6 Å². The summed E-state index contributed by atoms with van der Waals surface area (Å²) in [6.07, 6.45) is 12.9. The fourth-order valence-corrected chi connectivity index (χ4v) is 5.11. The summed E-state index contributed by atoms with van der Waals surface area (Å²) in [5, 5.41) is 0. The number of nitrogens with zero attached hydrogens (tertiary/aromatic N) is 4. The van der Waals surface area contributed by atoms with Crippen LogP contribution in [0, 0.1) is 6.92 Å². The molecule has 0 radical (unpaired) electrons. The minimum Gasteiger partial charge on any atom is -0.379 e. The summed E-state index contributed by atoms with van der Waals surface area (Å²) < 4.78 is 7.29. The minimum absolute atomic E-state index is 0.0238. The Kier molecular flexibility index (Phi) is 7.20. The lowest BCUT2D eigenvalue weighted by Gasteiger charge is -2.36. The molecule has 1 saturated heterocycles. The van der Waals surface area contributed by atoms with Crippen LogP contribution in [0.2, 0.25) is 0 Å². The summed E-state index contributed by atoms with van der Waals surface area (Å²) in [7, 11) is 0. The molecule has 1 aliphatic carbocycles. The number of ether oxygens (including phenoxy) is 1. The normalized spacial score (nSPS) is 18.6. The molecule has 5 rings (SSSR count). The van der Waals surface area contributed by atoms with Crippen molar-refractivity contribution in [1.82, 2.24) is 19.4 Å². The van der Waals surface area contributed by atoms with Crippen LogP contribution in [0.5, 0.6) is 0 Å². The molecule has 3 aromatic rings. The molecule has 0 aromatic carbocycles. The summed E-state index contributed by atoms with van der Waals surface area (Å²) in [5.41, 5.74) is 5.59. The Hall–Kier alpha value is -3.42. The van der Waals surface area contributed by atoms with Gasteiger partial charge in [-0.1, -0.05) is 12.1 Å². The molecule has 7 heteroatoms. The van der Waals surface area contributed by atoms with Gasteiger partial charge in [0.25, 0.3) is 0 Å². The lowest BCUT2D eigenvalue weighted by atomic mass is 9.90. The highest BCUT2D eigenvalue weighted by Gasteiger charge is 2.24. The molecule has 1 unspecified atom stereocenters. The van der Waals surface area contributed by atoms with Gasteiger partial charge in [-0.15, -0.1) is 0 Å². The highest BCUT2D eigenvalue weighted by Crippen LogP contribution is 2.30.